The van der Waals surface area contributed by atoms with Gasteiger partial charge in [0.05, 0.1) is 0 Å². The Labute approximate surface area is 103 Å². The third-order valence-corrected chi connectivity index (χ3v) is 2.81. The van der Waals surface area contributed by atoms with Gasteiger partial charge in [-0.2, -0.15) is 0 Å². The van der Waals surface area contributed by atoms with Crippen molar-refractivity contribution in [3.8, 4) is 0 Å². The van der Waals surface area contributed by atoms with Crippen LogP contribution in [0.1, 0.15) is 32.3 Å². The van der Waals surface area contributed by atoms with E-state index in [2.05, 4.69) is 18.7 Å². The molecule has 0 aliphatic rings. The largest absolute Gasteiger partial charge is 0.398 e. The lowest BCUT2D eigenvalue weighted by molar-refractivity contribution is 0.267. The molecular formula is C13H21ClN2. The molecule has 2 nitrogen and oxygen atoms in total. The smallest absolute Gasteiger partial charge is 0.0410 e. The van der Waals surface area contributed by atoms with E-state index in [0.29, 0.717) is 0 Å². The summed E-state index contributed by atoms with van der Waals surface area (Å²) in [7, 11) is 0. The zero-order valence-electron chi connectivity index (χ0n) is 10.2. The summed E-state index contributed by atoms with van der Waals surface area (Å²) in [5.41, 5.74) is 7.91. The molecule has 0 saturated carbocycles. The molecule has 0 spiro atoms. The highest BCUT2D eigenvalue weighted by Crippen LogP contribution is 2.19. The first-order valence-electron chi connectivity index (χ1n) is 5.93. The molecule has 0 aliphatic carbocycles. The lowest BCUT2D eigenvalue weighted by Crippen LogP contribution is -2.25. The van der Waals surface area contributed by atoms with Crippen molar-refractivity contribution in [1.29, 1.82) is 0 Å². The number of nitrogen functional groups attached to an aromatic ring is 1. The van der Waals surface area contributed by atoms with E-state index in [-0.39, 0.29) is 0 Å². The van der Waals surface area contributed by atoms with Crippen molar-refractivity contribution >= 4 is 17.3 Å². The number of hydrogen-bond donors (Lipinski definition) is 1. The SMILES string of the molecule is CCCN(CCC)Cc1cc(Cl)ccc1N. The van der Waals surface area contributed by atoms with Gasteiger partial charge in [-0.25, -0.2) is 0 Å². The third-order valence-electron chi connectivity index (χ3n) is 2.58. The Morgan fingerprint density at radius 1 is 1.19 bits per heavy atom. The molecule has 1 rings (SSSR count). The van der Waals surface area contributed by atoms with Crippen LogP contribution in [-0.4, -0.2) is 18.0 Å². The second kappa shape index (κ2) is 6.77. The average Bonchev–Trinajstić information content (AvgIpc) is 2.24. The fourth-order valence-electron chi connectivity index (χ4n) is 1.85. The number of nitrogens with zero attached hydrogens (tertiary/aromatic N) is 1. The van der Waals surface area contributed by atoms with Crippen molar-refractivity contribution < 1.29 is 0 Å². The molecule has 0 amide bonds. The van der Waals surface area contributed by atoms with Crippen molar-refractivity contribution in [1.82, 2.24) is 4.90 Å². The first-order chi connectivity index (χ1) is 7.67. The molecule has 0 aliphatic heterocycles. The summed E-state index contributed by atoms with van der Waals surface area (Å²) in [5.74, 6) is 0. The van der Waals surface area contributed by atoms with Crippen LogP contribution in [0.15, 0.2) is 18.2 Å². The first-order valence-corrected chi connectivity index (χ1v) is 6.31. The number of anilines is 1. The van der Waals surface area contributed by atoms with Gasteiger partial charge in [-0.15, -0.1) is 0 Å². The number of rotatable bonds is 6. The van der Waals surface area contributed by atoms with Gasteiger partial charge in [-0.3, -0.25) is 4.90 Å². The van der Waals surface area contributed by atoms with E-state index in [9.17, 15) is 0 Å². The molecule has 0 heterocycles. The topological polar surface area (TPSA) is 29.3 Å². The van der Waals surface area contributed by atoms with Crippen LogP contribution in [0.3, 0.4) is 0 Å². The van der Waals surface area contributed by atoms with Crippen LogP contribution in [-0.2, 0) is 6.54 Å². The molecule has 2 N–H and O–H groups in total. The van der Waals surface area contributed by atoms with Gasteiger partial charge in [-0.1, -0.05) is 25.4 Å². The van der Waals surface area contributed by atoms with E-state index in [1.54, 1.807) is 0 Å². The Hall–Kier alpha value is -0.730. The van der Waals surface area contributed by atoms with E-state index >= 15 is 0 Å². The maximum Gasteiger partial charge on any atom is 0.0410 e. The van der Waals surface area contributed by atoms with Gasteiger partial charge < -0.3 is 5.73 Å². The molecule has 0 saturated heterocycles. The van der Waals surface area contributed by atoms with Crippen LogP contribution in [0.2, 0.25) is 5.02 Å². The van der Waals surface area contributed by atoms with Crippen LogP contribution in [0.25, 0.3) is 0 Å². The Morgan fingerprint density at radius 2 is 1.81 bits per heavy atom. The minimum absolute atomic E-state index is 0.761. The summed E-state index contributed by atoms with van der Waals surface area (Å²) in [6, 6.07) is 5.69. The molecule has 90 valence electrons. The van der Waals surface area contributed by atoms with Crippen LogP contribution < -0.4 is 5.73 Å². The Bertz CT molecular complexity index is 320. The first kappa shape index (κ1) is 13.3. The maximum atomic E-state index is 5.98. The highest BCUT2D eigenvalue weighted by atomic mass is 35.5. The fraction of sp³-hybridized carbons (Fsp3) is 0.538. The van der Waals surface area contributed by atoms with E-state index in [1.807, 2.05) is 18.2 Å². The molecule has 0 aromatic heterocycles. The lowest BCUT2D eigenvalue weighted by Gasteiger charge is -2.21. The summed E-state index contributed by atoms with van der Waals surface area (Å²) in [6.45, 7) is 7.52. The number of halogens is 1. The predicted molar refractivity (Wildman–Crippen MR) is 71.7 cm³/mol. The molecule has 0 atom stereocenters. The molecule has 0 unspecified atom stereocenters. The molecule has 0 radical (unpaired) electrons. The van der Waals surface area contributed by atoms with Gasteiger partial charge in [-0.05, 0) is 49.7 Å². The zero-order chi connectivity index (χ0) is 12.0. The monoisotopic (exact) mass is 240 g/mol. The number of nitrogens with two attached hydrogens (primary N) is 1. The van der Waals surface area contributed by atoms with E-state index in [1.165, 1.54) is 12.8 Å². The van der Waals surface area contributed by atoms with Crippen molar-refractivity contribution in [2.45, 2.75) is 33.2 Å². The van der Waals surface area contributed by atoms with Crippen LogP contribution in [0, 0.1) is 0 Å². The van der Waals surface area contributed by atoms with Crippen LogP contribution >= 0.6 is 11.6 Å². The summed E-state index contributed by atoms with van der Waals surface area (Å²) in [6.07, 6.45) is 2.33. The lowest BCUT2D eigenvalue weighted by atomic mass is 10.1. The van der Waals surface area contributed by atoms with Gasteiger partial charge in [0.15, 0.2) is 0 Å². The van der Waals surface area contributed by atoms with Crippen LogP contribution in [0.5, 0.6) is 0 Å². The van der Waals surface area contributed by atoms with Gasteiger partial charge in [0.2, 0.25) is 0 Å². The highest BCUT2D eigenvalue weighted by molar-refractivity contribution is 6.30. The molecule has 1 aromatic rings. The van der Waals surface area contributed by atoms with E-state index in [4.69, 9.17) is 17.3 Å². The molecule has 3 heteroatoms. The van der Waals surface area contributed by atoms with Gasteiger partial charge in [0, 0.05) is 17.3 Å². The molecule has 1 aromatic carbocycles. The normalized spacial score (nSPS) is 11.0. The molecule has 0 fully saturated rings. The quantitative estimate of drug-likeness (QED) is 0.771. The van der Waals surface area contributed by atoms with E-state index in [0.717, 1.165) is 35.9 Å². The average molecular weight is 241 g/mol. The highest BCUT2D eigenvalue weighted by Gasteiger charge is 2.07. The summed E-state index contributed by atoms with van der Waals surface area (Å²) in [4.78, 5) is 2.42. The Kier molecular flexibility index (Phi) is 5.64. The minimum atomic E-state index is 0.761. The summed E-state index contributed by atoms with van der Waals surface area (Å²) < 4.78 is 0. The predicted octanol–water partition coefficient (Wildman–Crippen LogP) is 3.54. The summed E-state index contributed by atoms with van der Waals surface area (Å²) in [5, 5.41) is 0.761. The van der Waals surface area contributed by atoms with Gasteiger partial charge in [0.25, 0.3) is 0 Å². The molecule has 0 bridgehead atoms. The molecule has 16 heavy (non-hydrogen) atoms. The standard InChI is InChI=1S/C13H21ClN2/c1-3-7-16(8-4-2)10-11-9-12(14)5-6-13(11)15/h5-6,9H,3-4,7-8,10,15H2,1-2H3. The minimum Gasteiger partial charge on any atom is -0.398 e. The fourth-order valence-corrected chi connectivity index (χ4v) is 2.05. The second-order valence-electron chi connectivity index (χ2n) is 4.12. The van der Waals surface area contributed by atoms with Gasteiger partial charge in [0.1, 0.15) is 0 Å². The van der Waals surface area contributed by atoms with Gasteiger partial charge >= 0.3 is 0 Å². The second-order valence-corrected chi connectivity index (χ2v) is 4.56. The Morgan fingerprint density at radius 3 is 2.38 bits per heavy atom. The summed E-state index contributed by atoms with van der Waals surface area (Å²) >= 11 is 5.98. The number of hydrogen-bond acceptors (Lipinski definition) is 2. The zero-order valence-corrected chi connectivity index (χ0v) is 10.9. The van der Waals surface area contributed by atoms with Crippen LogP contribution in [0.4, 0.5) is 5.69 Å². The van der Waals surface area contributed by atoms with Crippen molar-refractivity contribution in [2.24, 2.45) is 0 Å². The van der Waals surface area contributed by atoms with Crippen molar-refractivity contribution in [3.05, 3.63) is 28.8 Å². The Balaban J connectivity index is 2.71. The number of benzene rings is 1. The maximum absolute atomic E-state index is 5.98. The molecular weight excluding hydrogens is 220 g/mol. The van der Waals surface area contributed by atoms with Crippen molar-refractivity contribution in [3.63, 3.8) is 0 Å². The third kappa shape index (κ3) is 4.03. The van der Waals surface area contributed by atoms with E-state index < -0.39 is 0 Å². The van der Waals surface area contributed by atoms with Crippen molar-refractivity contribution in [2.75, 3.05) is 18.8 Å².